The molecule has 0 aliphatic heterocycles. The lowest BCUT2D eigenvalue weighted by molar-refractivity contribution is -0.115. The van der Waals surface area contributed by atoms with E-state index < -0.39 is 17.7 Å². The topological polar surface area (TPSA) is 64.6 Å². The number of nitrogens with one attached hydrogen (secondary N) is 1. The second kappa shape index (κ2) is 10.5. The van der Waals surface area contributed by atoms with Crippen LogP contribution in [0.5, 0.6) is 0 Å². The van der Waals surface area contributed by atoms with Gasteiger partial charge >= 0.3 is 6.09 Å². The van der Waals surface area contributed by atoms with Crippen molar-refractivity contribution in [2.45, 2.75) is 43.2 Å². The first-order valence-electron chi connectivity index (χ1n) is 11.3. The third-order valence-corrected chi connectivity index (χ3v) is 6.56. The molecule has 0 saturated carbocycles. The Bertz CT molecular complexity index is 1110. The number of thioether (sulfide) groups is 1. The molecule has 0 radical (unpaired) electrons. The molecule has 0 heterocycles. The summed E-state index contributed by atoms with van der Waals surface area (Å²) in [4.78, 5) is 26.5. The monoisotopic (exact) mass is 475 g/mol. The van der Waals surface area contributed by atoms with Crippen LogP contribution in [0.25, 0.3) is 11.1 Å². The van der Waals surface area contributed by atoms with E-state index in [4.69, 9.17) is 9.47 Å². The summed E-state index contributed by atoms with van der Waals surface area (Å²) in [5.41, 5.74) is 4.16. The van der Waals surface area contributed by atoms with E-state index in [2.05, 4.69) is 29.6 Å². The zero-order chi connectivity index (χ0) is 24.1. The van der Waals surface area contributed by atoms with Crippen LogP contribution in [0, 0.1) is 0 Å². The number of hydrogen-bond acceptors (Lipinski definition) is 5. The van der Waals surface area contributed by atoms with E-state index in [1.54, 1.807) is 0 Å². The smallest absolute Gasteiger partial charge is 0.407 e. The molecule has 1 atom stereocenters. The predicted molar refractivity (Wildman–Crippen MR) is 135 cm³/mol. The van der Waals surface area contributed by atoms with Crippen LogP contribution in [-0.2, 0) is 14.3 Å². The normalized spacial score (nSPS) is 13.6. The van der Waals surface area contributed by atoms with E-state index in [1.165, 1.54) is 0 Å². The van der Waals surface area contributed by atoms with Gasteiger partial charge in [0.15, 0.2) is 0 Å². The summed E-state index contributed by atoms with van der Waals surface area (Å²) in [7, 11) is 0. The molecule has 4 rings (SSSR count). The third-order valence-electron chi connectivity index (χ3n) is 5.56. The lowest BCUT2D eigenvalue weighted by Gasteiger charge is -2.24. The molecule has 1 aliphatic carbocycles. The highest BCUT2D eigenvalue weighted by Crippen LogP contribution is 2.44. The molecule has 1 N–H and O–H groups in total. The van der Waals surface area contributed by atoms with E-state index in [9.17, 15) is 9.59 Å². The number of amides is 1. The number of rotatable bonds is 7. The molecule has 1 amide bonds. The molecule has 1 aliphatic rings. The van der Waals surface area contributed by atoms with Gasteiger partial charge in [0, 0.05) is 10.8 Å². The van der Waals surface area contributed by atoms with Crippen LogP contribution in [0.3, 0.4) is 0 Å². The quantitative estimate of drug-likeness (QED) is 0.423. The van der Waals surface area contributed by atoms with Crippen LogP contribution in [0.15, 0.2) is 83.8 Å². The van der Waals surface area contributed by atoms with Crippen LogP contribution >= 0.6 is 11.8 Å². The molecule has 0 saturated heterocycles. The molecule has 0 fully saturated rings. The Morgan fingerprint density at radius 3 is 2.03 bits per heavy atom. The number of benzene rings is 3. The van der Waals surface area contributed by atoms with Crippen LogP contribution < -0.4 is 5.32 Å². The molecular weight excluding hydrogens is 446 g/mol. The Morgan fingerprint density at radius 1 is 0.882 bits per heavy atom. The molecule has 3 aromatic rings. The van der Waals surface area contributed by atoms with Crippen molar-refractivity contribution in [3.8, 4) is 11.1 Å². The van der Waals surface area contributed by atoms with Gasteiger partial charge in [-0.15, -0.1) is 0 Å². The average Bonchev–Trinajstić information content (AvgIpc) is 3.14. The number of hydrogen-bond donors (Lipinski definition) is 1. The summed E-state index contributed by atoms with van der Waals surface area (Å²) < 4.78 is 11.5. The van der Waals surface area contributed by atoms with Crippen molar-refractivity contribution >= 4 is 23.0 Å². The lowest BCUT2D eigenvalue weighted by atomic mass is 9.98. The Labute approximate surface area is 204 Å². The van der Waals surface area contributed by atoms with Gasteiger partial charge in [0.05, 0.1) is 12.2 Å². The first-order valence-corrected chi connectivity index (χ1v) is 12.2. The van der Waals surface area contributed by atoms with Crippen molar-refractivity contribution in [3.63, 3.8) is 0 Å². The summed E-state index contributed by atoms with van der Waals surface area (Å²) in [6, 6.07) is 24.9. The zero-order valence-electron chi connectivity index (χ0n) is 19.6. The summed E-state index contributed by atoms with van der Waals surface area (Å²) in [6.45, 7) is 5.98. The molecule has 0 aromatic heterocycles. The highest BCUT2D eigenvalue weighted by atomic mass is 32.2. The fourth-order valence-electron chi connectivity index (χ4n) is 3.96. The van der Waals surface area contributed by atoms with E-state index in [1.807, 2.05) is 75.4 Å². The van der Waals surface area contributed by atoms with Gasteiger partial charge in [0.2, 0.25) is 5.12 Å². The van der Waals surface area contributed by atoms with Gasteiger partial charge in [-0.05, 0) is 66.9 Å². The standard InChI is InChI=1S/C28H29NO4S/c1-28(2,3)33-18-25(26(30)34-19-11-5-4-6-12-19)29-27(31)32-17-24-22-15-9-7-13-20(22)21-14-8-10-16-23(21)24/h4-16,24-25H,17-18H2,1-3H3,(H,29,31)/t25-/m0/s1. The third kappa shape index (κ3) is 5.88. The molecule has 3 aromatic carbocycles. The second-order valence-electron chi connectivity index (χ2n) is 9.18. The van der Waals surface area contributed by atoms with Crippen molar-refractivity contribution in [1.82, 2.24) is 5.32 Å². The number of fused-ring (bicyclic) bond motifs is 3. The van der Waals surface area contributed by atoms with Gasteiger partial charge in [-0.3, -0.25) is 4.79 Å². The Morgan fingerprint density at radius 2 is 1.44 bits per heavy atom. The first-order chi connectivity index (χ1) is 16.3. The Kier molecular flexibility index (Phi) is 7.39. The maximum absolute atomic E-state index is 13.0. The van der Waals surface area contributed by atoms with Gasteiger partial charge in [-0.2, -0.15) is 0 Å². The Hall–Kier alpha value is -3.09. The van der Waals surface area contributed by atoms with Gasteiger partial charge in [-0.1, -0.05) is 66.7 Å². The molecule has 0 unspecified atom stereocenters. The van der Waals surface area contributed by atoms with Crippen molar-refractivity contribution in [2.24, 2.45) is 0 Å². The predicted octanol–water partition coefficient (Wildman–Crippen LogP) is 6.03. The summed E-state index contributed by atoms with van der Waals surface area (Å²) in [6.07, 6.45) is -0.633. The summed E-state index contributed by atoms with van der Waals surface area (Å²) in [5, 5.41) is 2.52. The molecule has 0 spiro atoms. The Balaban J connectivity index is 1.43. The largest absolute Gasteiger partial charge is 0.449 e. The highest BCUT2D eigenvalue weighted by molar-refractivity contribution is 8.13. The number of carbonyl (C=O) groups is 2. The van der Waals surface area contributed by atoms with Crippen molar-refractivity contribution in [2.75, 3.05) is 13.2 Å². The SMILES string of the molecule is CC(C)(C)OC[C@H](NC(=O)OCC1c2ccccc2-c2ccccc21)C(=O)Sc1ccccc1. The van der Waals surface area contributed by atoms with Crippen LogP contribution in [0.1, 0.15) is 37.8 Å². The van der Waals surface area contributed by atoms with Gasteiger partial charge in [-0.25, -0.2) is 4.79 Å². The molecule has 6 heteroatoms. The van der Waals surface area contributed by atoms with Crippen LogP contribution in [0.2, 0.25) is 0 Å². The van der Waals surface area contributed by atoms with Crippen LogP contribution in [-0.4, -0.2) is 36.1 Å². The fraction of sp³-hybridized carbons (Fsp3) is 0.286. The van der Waals surface area contributed by atoms with Crippen LogP contribution in [0.4, 0.5) is 4.79 Å². The molecule has 5 nitrogen and oxygen atoms in total. The molecule has 176 valence electrons. The maximum Gasteiger partial charge on any atom is 0.407 e. The maximum atomic E-state index is 13.0. The van der Waals surface area contributed by atoms with Crippen molar-refractivity contribution < 1.29 is 19.1 Å². The molecule has 0 bridgehead atoms. The minimum atomic E-state index is -0.833. The summed E-state index contributed by atoms with van der Waals surface area (Å²) >= 11 is 1.08. The number of alkyl carbamates (subject to hydrolysis) is 1. The first kappa shape index (κ1) is 24.0. The van der Waals surface area contributed by atoms with Crippen molar-refractivity contribution in [3.05, 3.63) is 90.0 Å². The van der Waals surface area contributed by atoms with E-state index in [-0.39, 0.29) is 24.2 Å². The second-order valence-corrected chi connectivity index (χ2v) is 10.3. The fourth-order valence-corrected chi connectivity index (χ4v) is 4.75. The zero-order valence-corrected chi connectivity index (χ0v) is 20.4. The van der Waals surface area contributed by atoms with Gasteiger partial charge < -0.3 is 14.8 Å². The molecular formula is C28H29NO4S. The van der Waals surface area contributed by atoms with Crippen molar-refractivity contribution in [1.29, 1.82) is 0 Å². The van der Waals surface area contributed by atoms with Gasteiger partial charge in [0.25, 0.3) is 0 Å². The minimum absolute atomic E-state index is 0.0446. The minimum Gasteiger partial charge on any atom is -0.449 e. The number of carbonyl (C=O) groups excluding carboxylic acids is 2. The summed E-state index contributed by atoms with van der Waals surface area (Å²) in [5.74, 6) is -0.0446. The van der Waals surface area contributed by atoms with Gasteiger partial charge in [0.1, 0.15) is 12.6 Å². The van der Waals surface area contributed by atoms with E-state index >= 15 is 0 Å². The highest BCUT2D eigenvalue weighted by Gasteiger charge is 2.30. The number of ether oxygens (including phenoxy) is 2. The van der Waals surface area contributed by atoms with E-state index in [0.29, 0.717) is 0 Å². The average molecular weight is 476 g/mol. The lowest BCUT2D eigenvalue weighted by Crippen LogP contribution is -2.45. The molecule has 34 heavy (non-hydrogen) atoms. The van der Waals surface area contributed by atoms with E-state index in [0.717, 1.165) is 38.9 Å².